The lowest BCUT2D eigenvalue weighted by Gasteiger charge is -2.26. The molecule has 0 spiro atoms. The Balaban J connectivity index is 1.41. The lowest BCUT2D eigenvalue weighted by Crippen LogP contribution is -2.41. The zero-order chi connectivity index (χ0) is 16.6. The molecule has 1 saturated carbocycles. The molecule has 1 aromatic rings. The zero-order valence-electron chi connectivity index (χ0n) is 14.2. The topological polar surface area (TPSA) is 79.4 Å². The number of amides is 1. The molecule has 2 N–H and O–H groups in total. The molecule has 132 valence electrons. The Morgan fingerprint density at radius 3 is 2.58 bits per heavy atom. The van der Waals surface area contributed by atoms with Crippen LogP contribution in [-0.2, 0) is 4.74 Å². The fraction of sp³-hybridized carbons (Fsp3) is 0.706. The van der Waals surface area contributed by atoms with E-state index >= 15 is 0 Å². The molecule has 1 aliphatic carbocycles. The van der Waals surface area contributed by atoms with Gasteiger partial charge in [-0.2, -0.15) is 0 Å². The van der Waals surface area contributed by atoms with Crippen LogP contribution in [0.15, 0.2) is 12.4 Å². The number of hydrogen-bond acceptors (Lipinski definition) is 6. The van der Waals surface area contributed by atoms with Gasteiger partial charge in [0.1, 0.15) is 0 Å². The summed E-state index contributed by atoms with van der Waals surface area (Å²) in [6.45, 7) is 4.88. The van der Waals surface area contributed by atoms with E-state index in [1.165, 1.54) is 32.1 Å². The Morgan fingerprint density at radius 2 is 1.88 bits per heavy atom. The first-order valence-corrected chi connectivity index (χ1v) is 8.98. The van der Waals surface area contributed by atoms with E-state index in [1.54, 1.807) is 12.4 Å². The van der Waals surface area contributed by atoms with Crippen LogP contribution in [0.25, 0.3) is 0 Å². The molecule has 2 aliphatic rings. The van der Waals surface area contributed by atoms with Crippen molar-refractivity contribution in [3.05, 3.63) is 18.0 Å². The normalized spacial score (nSPS) is 19.8. The molecule has 7 heteroatoms. The summed E-state index contributed by atoms with van der Waals surface area (Å²) in [6.07, 6.45) is 9.40. The highest BCUT2D eigenvalue weighted by molar-refractivity contribution is 5.93. The Labute approximate surface area is 143 Å². The summed E-state index contributed by atoms with van der Waals surface area (Å²) in [4.78, 5) is 23.0. The average Bonchev–Trinajstić information content (AvgIpc) is 2.64. The molecule has 0 bridgehead atoms. The van der Waals surface area contributed by atoms with Crippen LogP contribution in [0, 0.1) is 0 Å². The minimum atomic E-state index is -0.118. The number of rotatable bonds is 6. The maximum atomic E-state index is 12.1. The van der Waals surface area contributed by atoms with Gasteiger partial charge < -0.3 is 15.4 Å². The molecular weight excluding hydrogens is 306 g/mol. The smallest absolute Gasteiger partial charge is 0.254 e. The van der Waals surface area contributed by atoms with E-state index in [1.807, 2.05) is 0 Å². The predicted molar refractivity (Wildman–Crippen MR) is 92.1 cm³/mol. The monoisotopic (exact) mass is 333 g/mol. The molecule has 0 unspecified atom stereocenters. The van der Waals surface area contributed by atoms with E-state index in [2.05, 4.69) is 25.5 Å². The quantitative estimate of drug-likeness (QED) is 0.816. The van der Waals surface area contributed by atoms with Crippen molar-refractivity contribution in [3.8, 4) is 0 Å². The fourth-order valence-corrected chi connectivity index (χ4v) is 3.20. The van der Waals surface area contributed by atoms with E-state index < -0.39 is 0 Å². The number of nitrogens with one attached hydrogen (secondary N) is 2. The predicted octanol–water partition coefficient (Wildman–Crippen LogP) is 1.28. The summed E-state index contributed by atoms with van der Waals surface area (Å²) >= 11 is 0. The van der Waals surface area contributed by atoms with Gasteiger partial charge in [0.05, 0.1) is 18.8 Å². The molecule has 24 heavy (non-hydrogen) atoms. The number of morpholine rings is 1. The summed E-state index contributed by atoms with van der Waals surface area (Å²) in [5.74, 6) is 0.499. The number of ether oxygens (including phenoxy) is 1. The minimum Gasteiger partial charge on any atom is -0.379 e. The van der Waals surface area contributed by atoms with Crippen LogP contribution in [0.5, 0.6) is 0 Å². The van der Waals surface area contributed by atoms with Crippen LogP contribution in [0.4, 0.5) is 5.95 Å². The summed E-state index contributed by atoms with van der Waals surface area (Å²) in [5.41, 5.74) is 0.506. The van der Waals surface area contributed by atoms with Gasteiger partial charge >= 0.3 is 0 Å². The summed E-state index contributed by atoms with van der Waals surface area (Å²) < 4.78 is 5.31. The standard InChI is InChI=1S/C17H27N5O2/c23-16(18-6-7-22-8-10-24-11-9-22)14-12-19-17(20-13-14)21-15-4-2-1-3-5-15/h12-13,15H,1-11H2,(H,18,23)(H,19,20,21). The first-order valence-electron chi connectivity index (χ1n) is 8.98. The number of aromatic nitrogens is 2. The first-order chi connectivity index (χ1) is 11.8. The lowest BCUT2D eigenvalue weighted by atomic mass is 9.96. The molecule has 1 aromatic heterocycles. The van der Waals surface area contributed by atoms with Crippen molar-refractivity contribution in [1.82, 2.24) is 20.2 Å². The lowest BCUT2D eigenvalue weighted by molar-refractivity contribution is 0.0383. The molecular formula is C17H27N5O2. The molecule has 1 amide bonds. The maximum absolute atomic E-state index is 12.1. The summed E-state index contributed by atoms with van der Waals surface area (Å²) in [5, 5.41) is 6.29. The number of anilines is 1. The Kier molecular flexibility index (Phi) is 6.37. The number of nitrogens with zero attached hydrogens (tertiary/aromatic N) is 3. The van der Waals surface area contributed by atoms with Gasteiger partial charge in [-0.15, -0.1) is 0 Å². The molecule has 0 aromatic carbocycles. The Morgan fingerprint density at radius 1 is 1.17 bits per heavy atom. The van der Waals surface area contributed by atoms with Gasteiger partial charge in [-0.05, 0) is 12.8 Å². The molecule has 2 fully saturated rings. The van der Waals surface area contributed by atoms with Gasteiger partial charge in [0, 0.05) is 44.6 Å². The van der Waals surface area contributed by atoms with Gasteiger partial charge in [-0.1, -0.05) is 19.3 Å². The molecule has 1 saturated heterocycles. The van der Waals surface area contributed by atoms with Crippen molar-refractivity contribution in [1.29, 1.82) is 0 Å². The van der Waals surface area contributed by atoms with Gasteiger partial charge in [0.15, 0.2) is 0 Å². The van der Waals surface area contributed by atoms with Crippen LogP contribution < -0.4 is 10.6 Å². The van der Waals surface area contributed by atoms with Gasteiger partial charge in [-0.25, -0.2) is 9.97 Å². The van der Waals surface area contributed by atoms with E-state index in [4.69, 9.17) is 4.74 Å². The van der Waals surface area contributed by atoms with E-state index in [-0.39, 0.29) is 5.91 Å². The molecule has 0 radical (unpaired) electrons. The molecule has 0 atom stereocenters. The van der Waals surface area contributed by atoms with Crippen molar-refractivity contribution in [2.45, 2.75) is 38.1 Å². The maximum Gasteiger partial charge on any atom is 0.254 e. The third-order valence-electron chi connectivity index (χ3n) is 4.67. The fourth-order valence-electron chi connectivity index (χ4n) is 3.20. The van der Waals surface area contributed by atoms with Crippen molar-refractivity contribution < 1.29 is 9.53 Å². The van der Waals surface area contributed by atoms with E-state index in [0.717, 1.165) is 32.8 Å². The second-order valence-corrected chi connectivity index (χ2v) is 6.48. The van der Waals surface area contributed by atoms with Crippen LogP contribution in [0.1, 0.15) is 42.5 Å². The number of hydrogen-bond donors (Lipinski definition) is 2. The number of carbonyl (C=O) groups excluding carboxylic acids is 1. The molecule has 1 aliphatic heterocycles. The SMILES string of the molecule is O=C(NCCN1CCOCC1)c1cnc(NC2CCCCC2)nc1. The Hall–Kier alpha value is -1.73. The molecule has 2 heterocycles. The van der Waals surface area contributed by atoms with E-state index in [9.17, 15) is 4.79 Å². The van der Waals surface area contributed by atoms with E-state index in [0.29, 0.717) is 24.1 Å². The van der Waals surface area contributed by atoms with Crippen LogP contribution in [-0.4, -0.2) is 66.2 Å². The second-order valence-electron chi connectivity index (χ2n) is 6.48. The van der Waals surface area contributed by atoms with Gasteiger partial charge in [0.25, 0.3) is 5.91 Å². The summed E-state index contributed by atoms with van der Waals surface area (Å²) in [7, 11) is 0. The molecule has 3 rings (SSSR count). The first kappa shape index (κ1) is 17.1. The van der Waals surface area contributed by atoms with Crippen molar-refractivity contribution in [2.75, 3.05) is 44.7 Å². The minimum absolute atomic E-state index is 0.118. The van der Waals surface area contributed by atoms with Crippen LogP contribution in [0.3, 0.4) is 0 Å². The van der Waals surface area contributed by atoms with Crippen molar-refractivity contribution in [3.63, 3.8) is 0 Å². The van der Waals surface area contributed by atoms with Crippen molar-refractivity contribution in [2.24, 2.45) is 0 Å². The van der Waals surface area contributed by atoms with Crippen LogP contribution in [0.2, 0.25) is 0 Å². The third-order valence-corrected chi connectivity index (χ3v) is 4.67. The van der Waals surface area contributed by atoms with Gasteiger partial charge in [0.2, 0.25) is 5.95 Å². The summed E-state index contributed by atoms with van der Waals surface area (Å²) in [6, 6.07) is 0.465. The highest BCUT2D eigenvalue weighted by Crippen LogP contribution is 2.19. The second kappa shape index (κ2) is 8.94. The average molecular weight is 333 g/mol. The third kappa shape index (κ3) is 5.14. The van der Waals surface area contributed by atoms with Gasteiger partial charge in [-0.3, -0.25) is 9.69 Å². The van der Waals surface area contributed by atoms with Crippen molar-refractivity contribution >= 4 is 11.9 Å². The number of carbonyl (C=O) groups is 1. The Bertz CT molecular complexity index is 510. The zero-order valence-corrected chi connectivity index (χ0v) is 14.2. The largest absolute Gasteiger partial charge is 0.379 e. The highest BCUT2D eigenvalue weighted by Gasteiger charge is 2.15. The highest BCUT2D eigenvalue weighted by atomic mass is 16.5. The molecule has 7 nitrogen and oxygen atoms in total. The van der Waals surface area contributed by atoms with Crippen LogP contribution >= 0.6 is 0 Å².